The predicted octanol–water partition coefficient (Wildman–Crippen LogP) is 0.232. The number of nitrogens with zero attached hydrogens (tertiary/aromatic N) is 1. The van der Waals surface area contributed by atoms with Crippen LogP contribution in [0.1, 0.15) is 18.7 Å². The number of hydrogen-bond acceptors (Lipinski definition) is 4. The summed E-state index contributed by atoms with van der Waals surface area (Å²) in [4.78, 5) is 15.8. The zero-order valence-corrected chi connectivity index (χ0v) is 9.51. The van der Waals surface area contributed by atoms with Crippen molar-refractivity contribution < 1.29 is 9.53 Å². The van der Waals surface area contributed by atoms with Gasteiger partial charge in [-0.15, -0.1) is 0 Å². The van der Waals surface area contributed by atoms with E-state index in [9.17, 15) is 4.79 Å². The highest BCUT2D eigenvalue weighted by atomic mass is 16.5. The van der Waals surface area contributed by atoms with Gasteiger partial charge in [0.2, 0.25) is 0 Å². The molecule has 1 rings (SSSR count). The van der Waals surface area contributed by atoms with E-state index in [1.807, 2.05) is 25.1 Å². The fourth-order valence-corrected chi connectivity index (χ4v) is 1.32. The Labute approximate surface area is 95.0 Å². The molecule has 1 aromatic heterocycles. The number of amides is 1. The third kappa shape index (κ3) is 3.29. The second kappa shape index (κ2) is 6.19. The highest BCUT2D eigenvalue weighted by molar-refractivity contribution is 5.81. The number of nitrogens with two attached hydrogens (primary N) is 1. The maximum atomic E-state index is 11.6. The molecule has 5 heteroatoms. The van der Waals surface area contributed by atoms with E-state index >= 15 is 0 Å². The van der Waals surface area contributed by atoms with Gasteiger partial charge in [0.1, 0.15) is 6.10 Å². The lowest BCUT2D eigenvalue weighted by atomic mass is 10.2. The molecule has 0 saturated carbocycles. The normalized spacial score (nSPS) is 14.2. The first-order valence-electron chi connectivity index (χ1n) is 5.13. The van der Waals surface area contributed by atoms with Gasteiger partial charge in [-0.1, -0.05) is 6.07 Å². The molecule has 1 unspecified atom stereocenters. The molecule has 1 aromatic rings. The summed E-state index contributed by atoms with van der Waals surface area (Å²) in [6, 6.07) is 5.41. The number of aromatic nitrogens is 1. The van der Waals surface area contributed by atoms with Crippen LogP contribution in [0.3, 0.4) is 0 Å². The number of hydrogen-bond donors (Lipinski definition) is 2. The van der Waals surface area contributed by atoms with Crippen LogP contribution in [0.4, 0.5) is 0 Å². The van der Waals surface area contributed by atoms with E-state index in [-0.39, 0.29) is 18.5 Å². The van der Waals surface area contributed by atoms with Crippen molar-refractivity contribution in [1.29, 1.82) is 0 Å². The average Bonchev–Trinajstić information content (AvgIpc) is 2.31. The van der Waals surface area contributed by atoms with Crippen LogP contribution in [-0.4, -0.2) is 30.6 Å². The Bertz CT molecular complexity index is 325. The molecule has 5 nitrogen and oxygen atoms in total. The van der Waals surface area contributed by atoms with Gasteiger partial charge in [-0.3, -0.25) is 9.78 Å². The number of rotatable bonds is 5. The first-order valence-corrected chi connectivity index (χ1v) is 5.13. The van der Waals surface area contributed by atoms with E-state index in [1.165, 1.54) is 7.11 Å². The molecule has 0 aromatic carbocycles. The van der Waals surface area contributed by atoms with Gasteiger partial charge >= 0.3 is 0 Å². The maximum absolute atomic E-state index is 11.6. The average molecular weight is 223 g/mol. The molecule has 1 amide bonds. The smallest absolute Gasteiger partial charge is 0.250 e. The Hall–Kier alpha value is -1.46. The summed E-state index contributed by atoms with van der Waals surface area (Å²) in [5.41, 5.74) is 6.21. The molecule has 0 radical (unpaired) electrons. The predicted molar refractivity (Wildman–Crippen MR) is 60.6 cm³/mol. The van der Waals surface area contributed by atoms with E-state index in [1.54, 1.807) is 6.20 Å². The summed E-state index contributed by atoms with van der Waals surface area (Å²) >= 11 is 0. The Morgan fingerprint density at radius 2 is 2.38 bits per heavy atom. The van der Waals surface area contributed by atoms with E-state index < -0.39 is 6.10 Å². The largest absolute Gasteiger partial charge is 0.370 e. The number of methoxy groups -OCH3 is 1. The third-order valence-electron chi connectivity index (χ3n) is 2.28. The minimum Gasteiger partial charge on any atom is -0.370 e. The maximum Gasteiger partial charge on any atom is 0.250 e. The Balaban J connectivity index is 2.58. The second-order valence-corrected chi connectivity index (χ2v) is 3.44. The SMILES string of the molecule is COC(CN)C(=O)N[C@@H](C)c1ccccn1. The van der Waals surface area contributed by atoms with Crippen molar-refractivity contribution in [2.24, 2.45) is 5.73 Å². The zero-order chi connectivity index (χ0) is 12.0. The Morgan fingerprint density at radius 3 is 2.88 bits per heavy atom. The molecule has 0 spiro atoms. The van der Waals surface area contributed by atoms with Gasteiger partial charge in [-0.2, -0.15) is 0 Å². The molecule has 1 heterocycles. The molecule has 88 valence electrons. The summed E-state index contributed by atoms with van der Waals surface area (Å²) < 4.78 is 4.94. The van der Waals surface area contributed by atoms with Crippen LogP contribution in [0.5, 0.6) is 0 Å². The molecule has 0 saturated heterocycles. The summed E-state index contributed by atoms with van der Waals surface area (Å²) in [5.74, 6) is -0.219. The van der Waals surface area contributed by atoms with Crippen molar-refractivity contribution in [1.82, 2.24) is 10.3 Å². The first-order chi connectivity index (χ1) is 7.69. The summed E-state index contributed by atoms with van der Waals surface area (Å²) in [6.45, 7) is 2.03. The highest BCUT2D eigenvalue weighted by Gasteiger charge is 2.18. The van der Waals surface area contributed by atoms with Crippen molar-refractivity contribution in [2.45, 2.75) is 19.1 Å². The van der Waals surface area contributed by atoms with Crippen LogP contribution in [0.15, 0.2) is 24.4 Å². The van der Waals surface area contributed by atoms with E-state index in [0.717, 1.165) is 5.69 Å². The van der Waals surface area contributed by atoms with Crippen molar-refractivity contribution in [3.8, 4) is 0 Å². The van der Waals surface area contributed by atoms with Crippen LogP contribution in [-0.2, 0) is 9.53 Å². The number of carbonyl (C=O) groups is 1. The van der Waals surface area contributed by atoms with Crippen molar-refractivity contribution in [3.63, 3.8) is 0 Å². The molecule has 16 heavy (non-hydrogen) atoms. The number of nitrogens with one attached hydrogen (secondary N) is 1. The number of carbonyl (C=O) groups excluding carboxylic acids is 1. The lowest BCUT2D eigenvalue weighted by Crippen LogP contribution is -2.41. The molecular weight excluding hydrogens is 206 g/mol. The van der Waals surface area contributed by atoms with Gasteiger partial charge < -0.3 is 15.8 Å². The number of ether oxygens (including phenoxy) is 1. The molecule has 0 fully saturated rings. The van der Waals surface area contributed by atoms with Crippen LogP contribution in [0, 0.1) is 0 Å². The first kappa shape index (κ1) is 12.6. The summed E-state index contributed by atoms with van der Waals surface area (Å²) in [7, 11) is 1.46. The van der Waals surface area contributed by atoms with E-state index in [0.29, 0.717) is 0 Å². The topological polar surface area (TPSA) is 77.2 Å². The van der Waals surface area contributed by atoms with Gasteiger partial charge in [0, 0.05) is 19.9 Å². The monoisotopic (exact) mass is 223 g/mol. The van der Waals surface area contributed by atoms with E-state index in [2.05, 4.69) is 10.3 Å². The second-order valence-electron chi connectivity index (χ2n) is 3.44. The van der Waals surface area contributed by atoms with Gasteiger partial charge in [-0.05, 0) is 19.1 Å². The minimum atomic E-state index is -0.605. The third-order valence-corrected chi connectivity index (χ3v) is 2.28. The van der Waals surface area contributed by atoms with Crippen LogP contribution < -0.4 is 11.1 Å². The molecule has 0 aliphatic carbocycles. The van der Waals surface area contributed by atoms with Gasteiger partial charge in [0.15, 0.2) is 0 Å². The Kier molecular flexibility index (Phi) is 4.88. The van der Waals surface area contributed by atoms with Gasteiger partial charge in [0.05, 0.1) is 11.7 Å². The minimum absolute atomic E-state index is 0.155. The lowest BCUT2D eigenvalue weighted by Gasteiger charge is -2.17. The van der Waals surface area contributed by atoms with Gasteiger partial charge in [-0.25, -0.2) is 0 Å². The fourth-order valence-electron chi connectivity index (χ4n) is 1.32. The molecule has 2 atom stereocenters. The van der Waals surface area contributed by atoms with Gasteiger partial charge in [0.25, 0.3) is 5.91 Å². The molecule has 3 N–H and O–H groups in total. The molecular formula is C11H17N3O2. The quantitative estimate of drug-likeness (QED) is 0.749. The summed E-state index contributed by atoms with van der Waals surface area (Å²) in [5, 5.41) is 2.79. The Morgan fingerprint density at radius 1 is 1.62 bits per heavy atom. The van der Waals surface area contributed by atoms with Crippen molar-refractivity contribution in [3.05, 3.63) is 30.1 Å². The lowest BCUT2D eigenvalue weighted by molar-refractivity contribution is -0.131. The zero-order valence-electron chi connectivity index (χ0n) is 9.51. The van der Waals surface area contributed by atoms with Crippen molar-refractivity contribution in [2.75, 3.05) is 13.7 Å². The molecule has 0 aliphatic rings. The summed E-state index contributed by atoms with van der Waals surface area (Å²) in [6.07, 6.45) is 1.08. The number of pyridine rings is 1. The van der Waals surface area contributed by atoms with Crippen LogP contribution in [0.25, 0.3) is 0 Å². The molecule has 0 aliphatic heterocycles. The molecule has 0 bridgehead atoms. The fraction of sp³-hybridized carbons (Fsp3) is 0.455. The van der Waals surface area contributed by atoms with Crippen LogP contribution in [0.2, 0.25) is 0 Å². The van der Waals surface area contributed by atoms with Crippen LogP contribution >= 0.6 is 0 Å². The highest BCUT2D eigenvalue weighted by Crippen LogP contribution is 2.08. The van der Waals surface area contributed by atoms with Crippen molar-refractivity contribution >= 4 is 5.91 Å². The van der Waals surface area contributed by atoms with E-state index in [4.69, 9.17) is 10.5 Å². The standard InChI is InChI=1S/C11H17N3O2/c1-8(9-5-3-4-6-13-9)14-11(15)10(7-12)16-2/h3-6,8,10H,7,12H2,1-2H3,(H,14,15)/t8-,10?/m0/s1.